The molecule has 0 spiro atoms. The molecular formula is C20H21N3OS2. The number of aromatic nitrogens is 2. The average Bonchev–Trinajstić information content (AvgIpc) is 3.00. The van der Waals surface area contributed by atoms with Crippen molar-refractivity contribution in [1.82, 2.24) is 9.97 Å². The number of amides is 1. The molecule has 0 unspecified atom stereocenters. The van der Waals surface area contributed by atoms with E-state index in [0.717, 1.165) is 39.9 Å². The van der Waals surface area contributed by atoms with Crippen LogP contribution in [-0.4, -0.2) is 21.6 Å². The lowest BCUT2D eigenvalue weighted by atomic mass is 9.89. The monoisotopic (exact) mass is 383 g/mol. The SMILES string of the molecule is Cc1ccccc1NC(=O)CSc1ncnc2sc3c(c12)CC[C@H](C)C3. The van der Waals surface area contributed by atoms with Crippen molar-refractivity contribution in [3.8, 4) is 0 Å². The number of anilines is 1. The minimum atomic E-state index is -0.00576. The van der Waals surface area contributed by atoms with Crippen molar-refractivity contribution in [3.05, 3.63) is 46.6 Å². The Kier molecular flexibility index (Phi) is 4.96. The molecule has 1 amide bonds. The third-order valence-electron chi connectivity index (χ3n) is 4.82. The normalized spacial score (nSPS) is 16.5. The van der Waals surface area contributed by atoms with Gasteiger partial charge in [0.2, 0.25) is 5.91 Å². The fourth-order valence-corrected chi connectivity index (χ4v) is 5.63. The topological polar surface area (TPSA) is 54.9 Å². The molecule has 1 aliphatic carbocycles. The summed E-state index contributed by atoms with van der Waals surface area (Å²) in [6.07, 6.45) is 5.06. The van der Waals surface area contributed by atoms with Crippen molar-refractivity contribution in [3.63, 3.8) is 0 Å². The zero-order valence-corrected chi connectivity index (χ0v) is 16.5. The molecule has 134 valence electrons. The Balaban J connectivity index is 1.52. The third-order valence-corrected chi connectivity index (χ3v) is 6.97. The van der Waals surface area contributed by atoms with Crippen LogP contribution in [0.3, 0.4) is 0 Å². The highest BCUT2D eigenvalue weighted by molar-refractivity contribution is 8.00. The summed E-state index contributed by atoms with van der Waals surface area (Å²) >= 11 is 3.30. The lowest BCUT2D eigenvalue weighted by Gasteiger charge is -2.18. The van der Waals surface area contributed by atoms with Crippen LogP contribution in [0.1, 0.15) is 29.3 Å². The van der Waals surface area contributed by atoms with Crippen LogP contribution < -0.4 is 5.32 Å². The molecule has 0 bridgehead atoms. The van der Waals surface area contributed by atoms with Crippen LogP contribution in [0, 0.1) is 12.8 Å². The second-order valence-electron chi connectivity index (χ2n) is 6.86. The van der Waals surface area contributed by atoms with E-state index in [-0.39, 0.29) is 5.91 Å². The highest BCUT2D eigenvalue weighted by Gasteiger charge is 2.23. The van der Waals surface area contributed by atoms with Crippen LogP contribution in [0.4, 0.5) is 5.69 Å². The van der Waals surface area contributed by atoms with Gasteiger partial charge in [-0.3, -0.25) is 4.79 Å². The summed E-state index contributed by atoms with van der Waals surface area (Å²) < 4.78 is 0. The predicted molar refractivity (Wildman–Crippen MR) is 109 cm³/mol. The van der Waals surface area contributed by atoms with Crippen molar-refractivity contribution >= 4 is 44.9 Å². The summed E-state index contributed by atoms with van der Waals surface area (Å²) in [6.45, 7) is 4.31. The lowest BCUT2D eigenvalue weighted by Crippen LogP contribution is -2.15. The molecule has 0 saturated carbocycles. The highest BCUT2D eigenvalue weighted by Crippen LogP contribution is 2.40. The Morgan fingerprint density at radius 2 is 2.19 bits per heavy atom. The molecule has 4 nitrogen and oxygen atoms in total. The molecule has 4 rings (SSSR count). The van der Waals surface area contributed by atoms with Gasteiger partial charge in [-0.15, -0.1) is 11.3 Å². The van der Waals surface area contributed by atoms with Crippen molar-refractivity contribution in [2.24, 2.45) is 5.92 Å². The zero-order valence-electron chi connectivity index (χ0n) is 14.9. The number of rotatable bonds is 4. The van der Waals surface area contributed by atoms with E-state index in [4.69, 9.17) is 0 Å². The zero-order chi connectivity index (χ0) is 18.1. The van der Waals surface area contributed by atoms with E-state index in [1.807, 2.05) is 31.2 Å². The molecular weight excluding hydrogens is 362 g/mol. The van der Waals surface area contributed by atoms with E-state index in [2.05, 4.69) is 22.2 Å². The molecule has 1 aromatic carbocycles. The molecule has 1 aliphatic rings. The van der Waals surface area contributed by atoms with Crippen molar-refractivity contribution < 1.29 is 4.79 Å². The first-order valence-electron chi connectivity index (χ1n) is 8.85. The molecule has 0 fully saturated rings. The Labute approximate surface area is 161 Å². The number of benzene rings is 1. The Bertz CT molecular complexity index is 967. The van der Waals surface area contributed by atoms with E-state index < -0.39 is 0 Å². The first-order valence-corrected chi connectivity index (χ1v) is 10.7. The Hall–Kier alpha value is -1.92. The second kappa shape index (κ2) is 7.37. The van der Waals surface area contributed by atoms with Gasteiger partial charge in [-0.2, -0.15) is 0 Å². The number of carbonyl (C=O) groups excluding carboxylic acids is 1. The van der Waals surface area contributed by atoms with Crippen LogP contribution in [0.2, 0.25) is 0 Å². The minimum Gasteiger partial charge on any atom is -0.325 e. The number of nitrogens with zero attached hydrogens (tertiary/aromatic N) is 2. The molecule has 0 aliphatic heterocycles. The largest absolute Gasteiger partial charge is 0.325 e. The summed E-state index contributed by atoms with van der Waals surface area (Å²) in [6, 6.07) is 7.83. The number of para-hydroxylation sites is 1. The van der Waals surface area contributed by atoms with Crippen LogP contribution in [-0.2, 0) is 17.6 Å². The molecule has 2 aromatic heterocycles. The third kappa shape index (κ3) is 3.48. The van der Waals surface area contributed by atoms with Crippen LogP contribution in [0.15, 0.2) is 35.6 Å². The van der Waals surface area contributed by atoms with Gasteiger partial charge < -0.3 is 5.32 Å². The van der Waals surface area contributed by atoms with Crippen LogP contribution in [0.5, 0.6) is 0 Å². The van der Waals surface area contributed by atoms with Gasteiger partial charge in [-0.25, -0.2) is 9.97 Å². The Morgan fingerprint density at radius 1 is 1.35 bits per heavy atom. The second-order valence-corrected chi connectivity index (χ2v) is 8.91. The van der Waals surface area contributed by atoms with Crippen molar-refractivity contribution in [2.45, 2.75) is 38.1 Å². The van der Waals surface area contributed by atoms with Gasteiger partial charge in [0.25, 0.3) is 0 Å². The van der Waals surface area contributed by atoms with E-state index >= 15 is 0 Å². The van der Waals surface area contributed by atoms with Gasteiger partial charge in [-0.1, -0.05) is 36.9 Å². The van der Waals surface area contributed by atoms with E-state index in [9.17, 15) is 4.79 Å². The van der Waals surface area contributed by atoms with E-state index in [0.29, 0.717) is 5.75 Å². The van der Waals surface area contributed by atoms with Crippen LogP contribution >= 0.6 is 23.1 Å². The van der Waals surface area contributed by atoms with Gasteiger partial charge >= 0.3 is 0 Å². The Morgan fingerprint density at radius 3 is 3.04 bits per heavy atom. The van der Waals surface area contributed by atoms with Gasteiger partial charge in [-0.05, 0) is 49.3 Å². The first-order chi connectivity index (χ1) is 12.6. The fourth-order valence-electron chi connectivity index (χ4n) is 3.39. The van der Waals surface area contributed by atoms with Gasteiger partial charge in [0.1, 0.15) is 16.2 Å². The number of hydrogen-bond donors (Lipinski definition) is 1. The maximum Gasteiger partial charge on any atom is 0.234 e. The molecule has 0 saturated heterocycles. The number of hydrogen-bond acceptors (Lipinski definition) is 5. The molecule has 26 heavy (non-hydrogen) atoms. The lowest BCUT2D eigenvalue weighted by molar-refractivity contribution is -0.113. The maximum atomic E-state index is 12.4. The quantitative estimate of drug-likeness (QED) is 0.517. The van der Waals surface area contributed by atoms with E-state index in [1.165, 1.54) is 34.0 Å². The average molecular weight is 384 g/mol. The number of aryl methyl sites for hydroxylation is 2. The fraction of sp³-hybridized carbons (Fsp3) is 0.350. The summed E-state index contributed by atoms with van der Waals surface area (Å²) in [7, 11) is 0. The summed E-state index contributed by atoms with van der Waals surface area (Å²) in [5.74, 6) is 1.08. The number of fused-ring (bicyclic) bond motifs is 3. The number of thiophene rings is 1. The van der Waals surface area contributed by atoms with Gasteiger partial charge in [0.05, 0.1) is 5.75 Å². The maximum absolute atomic E-state index is 12.4. The first kappa shape index (κ1) is 17.5. The molecule has 0 radical (unpaired) electrons. The van der Waals surface area contributed by atoms with Gasteiger partial charge in [0.15, 0.2) is 0 Å². The van der Waals surface area contributed by atoms with Crippen LogP contribution in [0.25, 0.3) is 10.2 Å². The van der Waals surface area contributed by atoms with Gasteiger partial charge in [0, 0.05) is 16.0 Å². The number of thioether (sulfide) groups is 1. The molecule has 6 heteroatoms. The number of carbonyl (C=O) groups is 1. The number of nitrogens with one attached hydrogen (secondary N) is 1. The highest BCUT2D eigenvalue weighted by atomic mass is 32.2. The minimum absolute atomic E-state index is 0.00576. The molecule has 3 aromatic rings. The summed E-state index contributed by atoms with van der Waals surface area (Å²) in [5.41, 5.74) is 3.34. The van der Waals surface area contributed by atoms with Crippen molar-refractivity contribution in [2.75, 3.05) is 11.1 Å². The molecule has 2 heterocycles. The smallest absolute Gasteiger partial charge is 0.234 e. The standard InChI is InChI=1S/C20H21N3OS2/c1-12-7-8-14-16(9-12)26-20-18(14)19(21-11-22-20)25-10-17(24)23-15-6-4-3-5-13(15)2/h3-6,11-12H,7-10H2,1-2H3,(H,23,24)/t12-/m0/s1. The van der Waals surface area contributed by atoms with Crippen molar-refractivity contribution in [1.29, 1.82) is 0 Å². The summed E-state index contributed by atoms with van der Waals surface area (Å²) in [5, 5.41) is 5.10. The molecule has 1 atom stereocenters. The predicted octanol–water partition coefficient (Wildman–Crippen LogP) is 4.86. The molecule has 1 N–H and O–H groups in total. The van der Waals surface area contributed by atoms with E-state index in [1.54, 1.807) is 17.7 Å². The summed E-state index contributed by atoms with van der Waals surface area (Å²) in [4.78, 5) is 23.8.